The largest absolute Gasteiger partial charge is 0.504 e. The average Bonchev–Trinajstić information content (AvgIpc) is 2.12. The molecule has 0 radical (unpaired) electrons. The molecule has 0 spiro atoms. The summed E-state index contributed by atoms with van der Waals surface area (Å²) in [7, 11) is -4.98. The molecule has 16 heavy (non-hydrogen) atoms. The van der Waals surface area contributed by atoms with Crippen LogP contribution in [0, 0.1) is 5.82 Å². The Hall–Kier alpha value is -1.15. The normalized spacial score (nSPS) is 11.8. The maximum absolute atomic E-state index is 12.8. The van der Waals surface area contributed by atoms with Gasteiger partial charge in [-0.2, -0.15) is 8.78 Å². The minimum atomic E-state index is -4.98. The van der Waals surface area contributed by atoms with Crippen molar-refractivity contribution in [3.63, 3.8) is 0 Å². The van der Waals surface area contributed by atoms with E-state index in [4.69, 9.17) is 11.6 Å². The standard InChI is InChI=1S/C7H5ClF3NO3S/c8-4-1-3(9)2-5(6(4)13)12-16(14,15)7(10)11/h1-2,7,12-13H. The summed E-state index contributed by atoms with van der Waals surface area (Å²) in [6.45, 7) is 0. The molecule has 0 aromatic heterocycles. The van der Waals surface area contributed by atoms with Crippen molar-refractivity contribution in [2.75, 3.05) is 4.72 Å². The van der Waals surface area contributed by atoms with Gasteiger partial charge in [-0.1, -0.05) is 11.6 Å². The number of anilines is 1. The van der Waals surface area contributed by atoms with Crippen LogP contribution >= 0.6 is 11.6 Å². The zero-order valence-electron chi connectivity index (χ0n) is 7.42. The Balaban J connectivity index is 3.17. The molecule has 4 nitrogen and oxygen atoms in total. The van der Waals surface area contributed by atoms with Crippen molar-refractivity contribution in [3.8, 4) is 5.75 Å². The van der Waals surface area contributed by atoms with Gasteiger partial charge in [0.15, 0.2) is 5.75 Å². The molecule has 0 unspecified atom stereocenters. The SMILES string of the molecule is O=S(=O)(Nc1cc(F)cc(Cl)c1O)C(F)F. The third-order valence-electron chi connectivity index (χ3n) is 1.51. The number of aromatic hydroxyl groups is 1. The fourth-order valence-electron chi connectivity index (χ4n) is 0.842. The van der Waals surface area contributed by atoms with Crippen LogP contribution in [0.25, 0.3) is 0 Å². The molecule has 0 aliphatic heterocycles. The Kier molecular flexibility index (Phi) is 3.54. The molecule has 0 heterocycles. The lowest BCUT2D eigenvalue weighted by atomic mass is 10.3. The van der Waals surface area contributed by atoms with E-state index in [-0.39, 0.29) is 0 Å². The first-order chi connectivity index (χ1) is 7.24. The van der Waals surface area contributed by atoms with Gasteiger partial charge in [-0.05, 0) is 6.07 Å². The first-order valence-corrected chi connectivity index (χ1v) is 5.64. The molecule has 0 saturated carbocycles. The van der Waals surface area contributed by atoms with Crippen molar-refractivity contribution in [1.29, 1.82) is 0 Å². The summed E-state index contributed by atoms with van der Waals surface area (Å²) in [5.41, 5.74) is -0.745. The third kappa shape index (κ3) is 2.70. The van der Waals surface area contributed by atoms with E-state index in [2.05, 4.69) is 0 Å². The molecule has 0 atom stereocenters. The minimum Gasteiger partial charge on any atom is -0.504 e. The number of sulfonamides is 1. The quantitative estimate of drug-likeness (QED) is 0.831. The van der Waals surface area contributed by atoms with Gasteiger partial charge in [-0.15, -0.1) is 0 Å². The Morgan fingerprint density at radius 1 is 1.38 bits per heavy atom. The summed E-state index contributed by atoms with van der Waals surface area (Å²) < 4.78 is 59.5. The second-order valence-electron chi connectivity index (χ2n) is 2.69. The van der Waals surface area contributed by atoms with E-state index in [9.17, 15) is 26.7 Å². The summed E-state index contributed by atoms with van der Waals surface area (Å²) >= 11 is 5.32. The maximum Gasteiger partial charge on any atom is 0.355 e. The first-order valence-electron chi connectivity index (χ1n) is 3.72. The molecule has 0 bridgehead atoms. The van der Waals surface area contributed by atoms with Gasteiger partial charge in [-0.3, -0.25) is 4.72 Å². The number of alkyl halides is 2. The predicted octanol–water partition coefficient (Wildman–Crippen LogP) is 2.15. The van der Waals surface area contributed by atoms with Gasteiger partial charge in [0.25, 0.3) is 10.0 Å². The van der Waals surface area contributed by atoms with E-state index < -0.39 is 38.1 Å². The zero-order chi connectivity index (χ0) is 12.5. The molecule has 1 rings (SSSR count). The highest BCUT2D eigenvalue weighted by Gasteiger charge is 2.25. The molecule has 2 N–H and O–H groups in total. The van der Waals surface area contributed by atoms with E-state index in [1.807, 2.05) is 0 Å². The molecule has 0 saturated heterocycles. The molecular weight excluding hydrogens is 271 g/mol. The van der Waals surface area contributed by atoms with E-state index >= 15 is 0 Å². The molecular formula is C7H5ClF3NO3S. The van der Waals surface area contributed by atoms with Crippen LogP contribution in [0.2, 0.25) is 5.02 Å². The van der Waals surface area contributed by atoms with Crippen molar-refractivity contribution in [2.24, 2.45) is 0 Å². The van der Waals surface area contributed by atoms with Gasteiger partial charge in [0, 0.05) is 6.07 Å². The summed E-state index contributed by atoms with van der Waals surface area (Å²) in [6.07, 6.45) is 0. The van der Waals surface area contributed by atoms with Crippen LogP contribution in [-0.4, -0.2) is 19.3 Å². The minimum absolute atomic E-state index is 0.494. The molecule has 0 amide bonds. The number of phenols is 1. The second kappa shape index (κ2) is 4.38. The van der Waals surface area contributed by atoms with Crippen molar-refractivity contribution < 1.29 is 26.7 Å². The number of hydrogen-bond acceptors (Lipinski definition) is 3. The van der Waals surface area contributed by atoms with Gasteiger partial charge in [0.1, 0.15) is 5.82 Å². The molecule has 0 fully saturated rings. The van der Waals surface area contributed by atoms with Crippen molar-refractivity contribution in [1.82, 2.24) is 0 Å². The maximum atomic E-state index is 12.8. The van der Waals surface area contributed by atoms with Crippen LogP contribution in [0.4, 0.5) is 18.9 Å². The lowest BCUT2D eigenvalue weighted by Gasteiger charge is -2.09. The molecule has 1 aromatic rings. The van der Waals surface area contributed by atoms with Crippen LogP contribution in [0.3, 0.4) is 0 Å². The fourth-order valence-corrected chi connectivity index (χ4v) is 1.60. The Labute approximate surface area is 93.7 Å². The van der Waals surface area contributed by atoms with Crippen LogP contribution in [0.1, 0.15) is 0 Å². The number of nitrogens with one attached hydrogen (secondary N) is 1. The monoisotopic (exact) mass is 275 g/mol. The number of halogens is 4. The molecule has 0 aliphatic carbocycles. The molecule has 1 aromatic carbocycles. The fraction of sp³-hybridized carbons (Fsp3) is 0.143. The Morgan fingerprint density at radius 2 is 1.94 bits per heavy atom. The Bertz CT molecular complexity index is 506. The van der Waals surface area contributed by atoms with Crippen molar-refractivity contribution in [2.45, 2.75) is 5.76 Å². The zero-order valence-corrected chi connectivity index (χ0v) is 8.99. The molecule has 90 valence electrons. The predicted molar refractivity (Wildman–Crippen MR) is 51.6 cm³/mol. The highest BCUT2D eigenvalue weighted by molar-refractivity contribution is 7.93. The van der Waals surface area contributed by atoms with Crippen LogP contribution < -0.4 is 4.72 Å². The summed E-state index contributed by atoms with van der Waals surface area (Å²) in [4.78, 5) is 0. The van der Waals surface area contributed by atoms with Crippen LogP contribution in [0.5, 0.6) is 5.75 Å². The third-order valence-corrected chi connectivity index (χ3v) is 2.78. The molecule has 9 heteroatoms. The summed E-state index contributed by atoms with van der Waals surface area (Å²) in [5, 5.41) is 8.70. The number of benzene rings is 1. The van der Waals surface area contributed by atoms with Gasteiger partial charge < -0.3 is 5.11 Å². The van der Waals surface area contributed by atoms with E-state index in [1.54, 1.807) is 0 Å². The number of phenolic OH excluding ortho intramolecular Hbond substituents is 1. The van der Waals surface area contributed by atoms with Gasteiger partial charge in [0.05, 0.1) is 10.7 Å². The summed E-state index contributed by atoms with van der Waals surface area (Å²) in [6, 6.07) is 1.23. The number of hydrogen-bond donors (Lipinski definition) is 2. The summed E-state index contributed by atoms with van der Waals surface area (Å²) in [5.74, 6) is -5.50. The van der Waals surface area contributed by atoms with Crippen LogP contribution in [-0.2, 0) is 10.0 Å². The second-order valence-corrected chi connectivity index (χ2v) is 4.75. The first kappa shape index (κ1) is 12.9. The van der Waals surface area contributed by atoms with E-state index in [0.29, 0.717) is 12.1 Å². The topological polar surface area (TPSA) is 66.4 Å². The van der Waals surface area contributed by atoms with Gasteiger partial charge in [0.2, 0.25) is 0 Å². The van der Waals surface area contributed by atoms with Crippen molar-refractivity contribution in [3.05, 3.63) is 23.0 Å². The lowest BCUT2D eigenvalue weighted by Crippen LogP contribution is -2.20. The molecule has 0 aliphatic rings. The van der Waals surface area contributed by atoms with E-state index in [0.717, 1.165) is 0 Å². The van der Waals surface area contributed by atoms with Crippen molar-refractivity contribution >= 4 is 27.3 Å². The van der Waals surface area contributed by atoms with Gasteiger partial charge in [-0.25, -0.2) is 12.8 Å². The Morgan fingerprint density at radius 3 is 2.44 bits per heavy atom. The average molecular weight is 276 g/mol. The van der Waals surface area contributed by atoms with E-state index in [1.165, 1.54) is 4.72 Å². The highest BCUT2D eigenvalue weighted by atomic mass is 35.5. The highest BCUT2D eigenvalue weighted by Crippen LogP contribution is 2.33. The smallest absolute Gasteiger partial charge is 0.355 e. The van der Waals surface area contributed by atoms with Crippen LogP contribution in [0.15, 0.2) is 12.1 Å². The lowest BCUT2D eigenvalue weighted by molar-refractivity contribution is 0.236. The van der Waals surface area contributed by atoms with Gasteiger partial charge >= 0.3 is 5.76 Å². The number of rotatable bonds is 3.